The number of nitriles is 1. The number of nitrogens with zero attached hydrogens (tertiary/aromatic N) is 1. The number of ether oxygens (including phenoxy) is 2. The molecule has 0 bridgehead atoms. The fraction of sp³-hybridized carbons (Fsp3) is 0.438. The molecule has 3 heteroatoms. The van der Waals surface area contributed by atoms with Gasteiger partial charge in [0.05, 0.1) is 24.8 Å². The van der Waals surface area contributed by atoms with E-state index in [9.17, 15) is 0 Å². The Bertz CT molecular complexity index is 524. The lowest BCUT2D eigenvalue weighted by Crippen LogP contribution is -2.33. The summed E-state index contributed by atoms with van der Waals surface area (Å²) in [6, 6.07) is 9.91. The molecule has 19 heavy (non-hydrogen) atoms. The maximum absolute atomic E-state index is 8.90. The van der Waals surface area contributed by atoms with Gasteiger partial charge < -0.3 is 9.47 Å². The Morgan fingerprint density at radius 3 is 2.58 bits per heavy atom. The Hall–Kier alpha value is -1.63. The molecule has 1 aromatic rings. The van der Waals surface area contributed by atoms with Crippen LogP contribution >= 0.6 is 0 Å². The first-order valence-electron chi connectivity index (χ1n) is 6.77. The van der Waals surface area contributed by atoms with Crippen LogP contribution in [0.4, 0.5) is 0 Å². The summed E-state index contributed by atoms with van der Waals surface area (Å²) in [5.41, 5.74) is 3.24. The molecular formula is C16H17NO2. The molecule has 98 valence electrons. The topological polar surface area (TPSA) is 42.2 Å². The van der Waals surface area contributed by atoms with Gasteiger partial charge >= 0.3 is 0 Å². The van der Waals surface area contributed by atoms with E-state index >= 15 is 0 Å². The Morgan fingerprint density at radius 2 is 1.89 bits per heavy atom. The van der Waals surface area contributed by atoms with Crippen molar-refractivity contribution in [2.75, 3.05) is 13.2 Å². The van der Waals surface area contributed by atoms with Gasteiger partial charge in [-0.05, 0) is 30.5 Å². The molecule has 1 aliphatic heterocycles. The Balaban J connectivity index is 1.70. The van der Waals surface area contributed by atoms with Crippen molar-refractivity contribution >= 4 is 6.08 Å². The second-order valence-corrected chi connectivity index (χ2v) is 5.15. The summed E-state index contributed by atoms with van der Waals surface area (Å²) in [4.78, 5) is 0. The van der Waals surface area contributed by atoms with E-state index in [0.717, 1.165) is 44.5 Å². The first-order valence-corrected chi connectivity index (χ1v) is 6.77. The predicted molar refractivity (Wildman–Crippen MR) is 72.2 cm³/mol. The quantitative estimate of drug-likeness (QED) is 0.773. The van der Waals surface area contributed by atoms with Crippen molar-refractivity contribution in [2.45, 2.75) is 31.5 Å². The number of hydrogen-bond acceptors (Lipinski definition) is 3. The summed E-state index contributed by atoms with van der Waals surface area (Å²) in [6.07, 6.45) is 6.10. The SMILES string of the molecule is N#Cc1cccc(C=C2CCC3(CC2)OCCO3)c1. The van der Waals surface area contributed by atoms with Crippen LogP contribution in [0.1, 0.15) is 36.8 Å². The number of rotatable bonds is 1. The molecule has 0 aromatic heterocycles. The minimum Gasteiger partial charge on any atom is -0.348 e. The van der Waals surface area contributed by atoms with Crippen LogP contribution < -0.4 is 0 Å². The zero-order chi connectivity index (χ0) is 13.1. The van der Waals surface area contributed by atoms with Gasteiger partial charge in [0.25, 0.3) is 0 Å². The summed E-state index contributed by atoms with van der Waals surface area (Å²) in [7, 11) is 0. The van der Waals surface area contributed by atoms with E-state index in [1.807, 2.05) is 24.3 Å². The first kappa shape index (κ1) is 12.4. The predicted octanol–water partition coefficient (Wildman–Crippen LogP) is 3.26. The molecule has 0 unspecified atom stereocenters. The molecule has 1 aliphatic carbocycles. The highest BCUT2D eigenvalue weighted by Crippen LogP contribution is 2.38. The fourth-order valence-corrected chi connectivity index (χ4v) is 2.82. The monoisotopic (exact) mass is 255 g/mol. The lowest BCUT2D eigenvalue weighted by atomic mass is 9.88. The highest BCUT2D eigenvalue weighted by atomic mass is 16.7. The number of hydrogen-bond donors (Lipinski definition) is 0. The van der Waals surface area contributed by atoms with Crippen LogP contribution in [0, 0.1) is 11.3 Å². The molecule has 1 saturated heterocycles. The normalized spacial score (nSPS) is 21.3. The van der Waals surface area contributed by atoms with Gasteiger partial charge in [-0.3, -0.25) is 0 Å². The molecule has 2 aliphatic rings. The van der Waals surface area contributed by atoms with Crippen molar-refractivity contribution < 1.29 is 9.47 Å². The third kappa shape index (κ3) is 2.70. The van der Waals surface area contributed by atoms with E-state index in [1.54, 1.807) is 0 Å². The Morgan fingerprint density at radius 1 is 1.16 bits per heavy atom. The van der Waals surface area contributed by atoms with Gasteiger partial charge in [-0.1, -0.05) is 23.8 Å². The largest absolute Gasteiger partial charge is 0.348 e. The van der Waals surface area contributed by atoms with Gasteiger partial charge in [0.15, 0.2) is 5.79 Å². The number of benzene rings is 1. The Kier molecular flexibility index (Phi) is 3.37. The maximum atomic E-state index is 8.90. The molecule has 1 saturated carbocycles. The fourth-order valence-electron chi connectivity index (χ4n) is 2.82. The molecule has 0 radical (unpaired) electrons. The summed E-state index contributed by atoms with van der Waals surface area (Å²) >= 11 is 0. The van der Waals surface area contributed by atoms with Gasteiger partial charge in [0, 0.05) is 12.8 Å². The van der Waals surface area contributed by atoms with Crippen molar-refractivity contribution in [3.63, 3.8) is 0 Å². The van der Waals surface area contributed by atoms with Crippen molar-refractivity contribution in [3.05, 3.63) is 41.0 Å². The van der Waals surface area contributed by atoms with Crippen LogP contribution in [0.2, 0.25) is 0 Å². The third-order valence-electron chi connectivity index (χ3n) is 3.85. The third-order valence-corrected chi connectivity index (χ3v) is 3.85. The lowest BCUT2D eigenvalue weighted by molar-refractivity contribution is -0.171. The lowest BCUT2D eigenvalue weighted by Gasteiger charge is -2.32. The van der Waals surface area contributed by atoms with Crippen molar-refractivity contribution in [3.8, 4) is 6.07 Å². The second-order valence-electron chi connectivity index (χ2n) is 5.15. The van der Waals surface area contributed by atoms with Gasteiger partial charge in [-0.15, -0.1) is 0 Å². The van der Waals surface area contributed by atoms with Crippen LogP contribution in [-0.4, -0.2) is 19.0 Å². The summed E-state index contributed by atoms with van der Waals surface area (Å²) in [6.45, 7) is 1.45. The van der Waals surface area contributed by atoms with Gasteiger partial charge in [0.1, 0.15) is 0 Å². The van der Waals surface area contributed by atoms with Crippen LogP contribution in [0.5, 0.6) is 0 Å². The van der Waals surface area contributed by atoms with Crippen LogP contribution in [-0.2, 0) is 9.47 Å². The van der Waals surface area contributed by atoms with E-state index in [2.05, 4.69) is 12.1 Å². The van der Waals surface area contributed by atoms with Gasteiger partial charge in [0.2, 0.25) is 0 Å². The summed E-state index contributed by atoms with van der Waals surface area (Å²) in [5, 5.41) is 8.90. The van der Waals surface area contributed by atoms with E-state index in [0.29, 0.717) is 5.56 Å². The van der Waals surface area contributed by atoms with E-state index < -0.39 is 0 Å². The minimum atomic E-state index is -0.300. The van der Waals surface area contributed by atoms with Crippen LogP contribution in [0.25, 0.3) is 6.08 Å². The highest BCUT2D eigenvalue weighted by Gasteiger charge is 2.38. The zero-order valence-corrected chi connectivity index (χ0v) is 10.9. The second kappa shape index (κ2) is 5.16. The van der Waals surface area contributed by atoms with Crippen molar-refractivity contribution in [1.29, 1.82) is 5.26 Å². The highest BCUT2D eigenvalue weighted by molar-refractivity contribution is 5.55. The van der Waals surface area contributed by atoms with Gasteiger partial charge in [-0.2, -0.15) is 5.26 Å². The summed E-state index contributed by atoms with van der Waals surface area (Å²) in [5.74, 6) is -0.300. The molecular weight excluding hydrogens is 238 g/mol. The molecule has 3 nitrogen and oxygen atoms in total. The molecule has 0 N–H and O–H groups in total. The van der Waals surface area contributed by atoms with Crippen molar-refractivity contribution in [2.24, 2.45) is 0 Å². The summed E-state index contributed by atoms with van der Waals surface area (Å²) < 4.78 is 11.4. The minimum absolute atomic E-state index is 0.300. The standard InChI is InChI=1S/C16H17NO2/c17-12-15-3-1-2-14(11-15)10-13-4-6-16(7-5-13)18-8-9-19-16/h1-3,10-11H,4-9H2. The van der Waals surface area contributed by atoms with Crippen LogP contribution in [0.15, 0.2) is 29.8 Å². The Labute approximate surface area is 113 Å². The molecule has 1 spiro atoms. The maximum Gasteiger partial charge on any atom is 0.169 e. The molecule has 3 rings (SSSR count). The molecule has 1 aromatic carbocycles. The van der Waals surface area contributed by atoms with E-state index in [1.165, 1.54) is 5.57 Å². The zero-order valence-electron chi connectivity index (χ0n) is 10.9. The molecule has 1 heterocycles. The van der Waals surface area contributed by atoms with E-state index in [-0.39, 0.29) is 5.79 Å². The van der Waals surface area contributed by atoms with Crippen LogP contribution in [0.3, 0.4) is 0 Å². The smallest absolute Gasteiger partial charge is 0.169 e. The molecule has 2 fully saturated rings. The van der Waals surface area contributed by atoms with Crippen molar-refractivity contribution in [1.82, 2.24) is 0 Å². The molecule has 0 atom stereocenters. The average Bonchev–Trinajstić information content (AvgIpc) is 2.90. The van der Waals surface area contributed by atoms with Gasteiger partial charge in [-0.25, -0.2) is 0 Å². The first-order chi connectivity index (χ1) is 9.30. The average molecular weight is 255 g/mol. The molecule has 0 amide bonds. The number of allylic oxidation sites excluding steroid dienone is 1. The van der Waals surface area contributed by atoms with E-state index in [4.69, 9.17) is 14.7 Å².